The number of allylic oxidation sites excluding steroid dienone is 5. The number of carbonyl (C=O) groups excluding carboxylic acids is 3. The first kappa shape index (κ1) is 18.3. The smallest absolute Gasteiger partial charge is 0.172 e. The molecule has 0 N–H and O–H groups in total. The van der Waals surface area contributed by atoms with Crippen molar-refractivity contribution in [3.63, 3.8) is 0 Å². The first-order chi connectivity index (χ1) is 10.1. The minimum Gasteiger partial charge on any atom is -0.299 e. The lowest BCUT2D eigenvalue weighted by atomic mass is 9.59. The van der Waals surface area contributed by atoms with Gasteiger partial charge in [0.2, 0.25) is 0 Å². The van der Waals surface area contributed by atoms with Crippen LogP contribution >= 0.6 is 0 Å². The molecule has 0 saturated heterocycles. The third kappa shape index (κ3) is 3.34. The third-order valence-corrected chi connectivity index (χ3v) is 4.79. The van der Waals surface area contributed by atoms with E-state index in [1.807, 2.05) is 19.1 Å². The lowest BCUT2D eigenvalue weighted by molar-refractivity contribution is -0.141. The molecule has 0 saturated carbocycles. The van der Waals surface area contributed by atoms with Crippen molar-refractivity contribution >= 4 is 17.3 Å². The molecule has 1 aliphatic carbocycles. The summed E-state index contributed by atoms with van der Waals surface area (Å²) in [7, 11) is 0. The first-order valence-corrected chi connectivity index (χ1v) is 7.70. The molecule has 3 heteroatoms. The Kier molecular flexibility index (Phi) is 5.81. The molecule has 120 valence electrons. The molecule has 1 rings (SSSR count). The Hall–Kier alpha value is -1.77. The largest absolute Gasteiger partial charge is 0.299 e. The minimum absolute atomic E-state index is 0.0133. The van der Waals surface area contributed by atoms with E-state index in [-0.39, 0.29) is 23.3 Å². The number of rotatable bonds is 6. The van der Waals surface area contributed by atoms with Gasteiger partial charge in [-0.15, -0.1) is 0 Å². The highest BCUT2D eigenvalue weighted by atomic mass is 16.2. The molecule has 0 fully saturated rings. The molecule has 0 spiro atoms. The molecule has 2 atom stereocenters. The zero-order valence-corrected chi connectivity index (χ0v) is 14.3. The lowest BCUT2D eigenvalue weighted by Gasteiger charge is -2.40. The summed E-state index contributed by atoms with van der Waals surface area (Å²) in [6, 6.07) is 0. The molecule has 1 aliphatic rings. The average molecular weight is 302 g/mol. The molecule has 22 heavy (non-hydrogen) atoms. The van der Waals surface area contributed by atoms with E-state index in [4.69, 9.17) is 0 Å². The molecular formula is C19H26O3. The molecule has 0 aromatic heterocycles. The standard InChI is InChI=1S/C19H26O3/c1-12(2)17-10-9-14(4)18(22)19(17,16(6)21)11-7-8-13(3)15(5)20/h8-9,17H,1,7,10-11H2,2-6H3/b13-8+/t17-,19+/m1/s1. The van der Waals surface area contributed by atoms with Gasteiger partial charge in [0, 0.05) is 5.92 Å². The van der Waals surface area contributed by atoms with Crippen LogP contribution < -0.4 is 0 Å². The van der Waals surface area contributed by atoms with Crippen molar-refractivity contribution < 1.29 is 14.4 Å². The Morgan fingerprint density at radius 2 is 1.91 bits per heavy atom. The second-order valence-electron chi connectivity index (χ2n) is 6.36. The fraction of sp³-hybridized carbons (Fsp3) is 0.526. The maximum atomic E-state index is 12.8. The fourth-order valence-electron chi connectivity index (χ4n) is 3.25. The summed E-state index contributed by atoms with van der Waals surface area (Å²) in [4.78, 5) is 36.5. The summed E-state index contributed by atoms with van der Waals surface area (Å²) in [6.07, 6.45) is 5.35. The molecule has 0 aliphatic heterocycles. The highest BCUT2D eigenvalue weighted by molar-refractivity contribution is 6.14. The summed E-state index contributed by atoms with van der Waals surface area (Å²) in [6.45, 7) is 12.4. The molecule has 0 aromatic carbocycles. The van der Waals surface area contributed by atoms with Crippen LogP contribution in [-0.2, 0) is 14.4 Å². The Morgan fingerprint density at radius 3 is 2.36 bits per heavy atom. The van der Waals surface area contributed by atoms with Gasteiger partial charge in [0.1, 0.15) is 5.78 Å². The summed E-state index contributed by atoms with van der Waals surface area (Å²) >= 11 is 0. The predicted molar refractivity (Wildman–Crippen MR) is 88.5 cm³/mol. The van der Waals surface area contributed by atoms with Crippen LogP contribution in [0.3, 0.4) is 0 Å². The van der Waals surface area contributed by atoms with E-state index in [0.717, 1.165) is 5.57 Å². The van der Waals surface area contributed by atoms with Gasteiger partial charge in [0.25, 0.3) is 0 Å². The summed E-state index contributed by atoms with van der Waals surface area (Å²) in [5.74, 6) is -0.341. The van der Waals surface area contributed by atoms with Gasteiger partial charge >= 0.3 is 0 Å². The zero-order valence-electron chi connectivity index (χ0n) is 14.3. The van der Waals surface area contributed by atoms with Gasteiger partial charge in [-0.3, -0.25) is 14.4 Å². The Balaban J connectivity index is 3.21. The van der Waals surface area contributed by atoms with Crippen molar-refractivity contribution in [3.8, 4) is 0 Å². The van der Waals surface area contributed by atoms with E-state index < -0.39 is 5.41 Å². The summed E-state index contributed by atoms with van der Waals surface area (Å²) in [5.41, 5.74) is 1.15. The average Bonchev–Trinajstić information content (AvgIpc) is 2.42. The molecule has 0 aromatic rings. The van der Waals surface area contributed by atoms with Crippen molar-refractivity contribution in [1.29, 1.82) is 0 Å². The van der Waals surface area contributed by atoms with Crippen molar-refractivity contribution in [2.75, 3.05) is 0 Å². The van der Waals surface area contributed by atoms with Gasteiger partial charge in [0.15, 0.2) is 11.6 Å². The van der Waals surface area contributed by atoms with Crippen LogP contribution in [0.5, 0.6) is 0 Å². The molecule has 0 amide bonds. The number of ketones is 3. The van der Waals surface area contributed by atoms with Gasteiger partial charge in [-0.1, -0.05) is 24.3 Å². The third-order valence-electron chi connectivity index (χ3n) is 4.79. The van der Waals surface area contributed by atoms with Gasteiger partial charge in [0.05, 0.1) is 5.41 Å². The maximum absolute atomic E-state index is 12.8. The number of Topliss-reactive ketones (excluding diaryl/α,β-unsaturated/α-hetero) is 3. The normalized spacial score (nSPS) is 25.7. The topological polar surface area (TPSA) is 51.2 Å². The molecule has 0 unspecified atom stereocenters. The lowest BCUT2D eigenvalue weighted by Crippen LogP contribution is -2.47. The van der Waals surface area contributed by atoms with E-state index in [0.29, 0.717) is 30.4 Å². The van der Waals surface area contributed by atoms with Crippen LogP contribution in [0.15, 0.2) is 35.5 Å². The van der Waals surface area contributed by atoms with E-state index in [1.54, 1.807) is 13.8 Å². The van der Waals surface area contributed by atoms with Crippen molar-refractivity contribution in [2.45, 2.75) is 53.9 Å². The maximum Gasteiger partial charge on any atom is 0.172 e. The molecule has 0 bridgehead atoms. The molecular weight excluding hydrogens is 276 g/mol. The van der Waals surface area contributed by atoms with Crippen molar-refractivity contribution in [3.05, 3.63) is 35.5 Å². The van der Waals surface area contributed by atoms with E-state index in [1.165, 1.54) is 13.8 Å². The molecule has 0 radical (unpaired) electrons. The second kappa shape index (κ2) is 6.99. The predicted octanol–water partition coefficient (Wildman–Crippen LogP) is 3.99. The molecule has 3 nitrogen and oxygen atoms in total. The van der Waals surface area contributed by atoms with Crippen LogP contribution in [0.2, 0.25) is 0 Å². The van der Waals surface area contributed by atoms with Crippen LogP contribution in [-0.4, -0.2) is 17.3 Å². The highest BCUT2D eigenvalue weighted by Crippen LogP contribution is 2.46. The van der Waals surface area contributed by atoms with Crippen LogP contribution in [0.25, 0.3) is 0 Å². The highest BCUT2D eigenvalue weighted by Gasteiger charge is 2.50. The van der Waals surface area contributed by atoms with Crippen LogP contribution in [0, 0.1) is 11.3 Å². The number of carbonyl (C=O) groups is 3. The van der Waals surface area contributed by atoms with Crippen molar-refractivity contribution in [1.82, 2.24) is 0 Å². The summed E-state index contributed by atoms with van der Waals surface area (Å²) < 4.78 is 0. The quantitative estimate of drug-likeness (QED) is 0.423. The Morgan fingerprint density at radius 1 is 1.32 bits per heavy atom. The van der Waals surface area contributed by atoms with E-state index in [2.05, 4.69) is 6.58 Å². The number of hydrogen-bond donors (Lipinski definition) is 0. The second-order valence-corrected chi connectivity index (χ2v) is 6.36. The minimum atomic E-state index is -1.03. The summed E-state index contributed by atoms with van der Waals surface area (Å²) in [5, 5.41) is 0. The van der Waals surface area contributed by atoms with Crippen molar-refractivity contribution in [2.24, 2.45) is 11.3 Å². The monoisotopic (exact) mass is 302 g/mol. The van der Waals surface area contributed by atoms with Gasteiger partial charge in [-0.25, -0.2) is 0 Å². The van der Waals surface area contributed by atoms with E-state index >= 15 is 0 Å². The zero-order chi connectivity index (χ0) is 17.1. The first-order valence-electron chi connectivity index (χ1n) is 7.70. The van der Waals surface area contributed by atoms with E-state index in [9.17, 15) is 14.4 Å². The van der Waals surface area contributed by atoms with Gasteiger partial charge in [-0.05, 0) is 65.0 Å². The SMILES string of the molecule is C=C(C)[C@H]1CC=C(C)C(=O)[C@@]1(CC/C=C(\C)C(C)=O)C(C)=O. The fourth-order valence-corrected chi connectivity index (χ4v) is 3.25. The van der Waals surface area contributed by atoms with Gasteiger partial charge < -0.3 is 0 Å². The molecule has 0 heterocycles. The number of hydrogen-bond acceptors (Lipinski definition) is 3. The van der Waals surface area contributed by atoms with Crippen LogP contribution in [0.1, 0.15) is 53.9 Å². The Bertz CT molecular complexity index is 577. The van der Waals surface area contributed by atoms with Crippen LogP contribution in [0.4, 0.5) is 0 Å². The Labute approximate surface area is 133 Å². The van der Waals surface area contributed by atoms with Gasteiger partial charge in [-0.2, -0.15) is 0 Å².